The van der Waals surface area contributed by atoms with Crippen molar-refractivity contribution in [2.45, 2.75) is 27.2 Å². The Bertz CT molecular complexity index is 473. The number of hydrogen-bond acceptors (Lipinski definition) is 2. The molecule has 0 atom stereocenters. The second kappa shape index (κ2) is 7.14. The first-order valence-electron chi connectivity index (χ1n) is 6.24. The highest BCUT2D eigenvalue weighted by molar-refractivity contribution is 6.33. The van der Waals surface area contributed by atoms with Crippen LogP contribution in [0.3, 0.4) is 0 Å². The zero-order chi connectivity index (χ0) is 14.4. The summed E-state index contributed by atoms with van der Waals surface area (Å²) in [6, 6.07) is 5.43. The van der Waals surface area contributed by atoms with Gasteiger partial charge in [0.25, 0.3) is 0 Å². The maximum atomic E-state index is 11.7. The van der Waals surface area contributed by atoms with Gasteiger partial charge in [-0.1, -0.05) is 31.5 Å². The molecule has 5 heteroatoms. The molecule has 0 unspecified atom stereocenters. The van der Waals surface area contributed by atoms with E-state index in [0.29, 0.717) is 17.3 Å². The number of benzene rings is 1. The van der Waals surface area contributed by atoms with Crippen molar-refractivity contribution in [3.8, 4) is 0 Å². The van der Waals surface area contributed by atoms with E-state index in [1.54, 1.807) is 12.1 Å². The van der Waals surface area contributed by atoms with Crippen LogP contribution >= 0.6 is 11.6 Å². The van der Waals surface area contributed by atoms with Crippen LogP contribution in [0.1, 0.15) is 25.8 Å². The lowest BCUT2D eigenvalue weighted by Gasteiger charge is -2.09. The summed E-state index contributed by atoms with van der Waals surface area (Å²) in [6.45, 7) is 5.87. The van der Waals surface area contributed by atoms with Gasteiger partial charge in [-0.25, -0.2) is 0 Å². The van der Waals surface area contributed by atoms with E-state index in [2.05, 4.69) is 10.6 Å². The van der Waals surface area contributed by atoms with Crippen molar-refractivity contribution in [3.05, 3.63) is 28.8 Å². The van der Waals surface area contributed by atoms with Crippen molar-refractivity contribution in [1.29, 1.82) is 0 Å². The third-order valence-corrected chi connectivity index (χ3v) is 2.89. The van der Waals surface area contributed by atoms with Crippen LogP contribution in [0.5, 0.6) is 0 Å². The molecule has 4 nitrogen and oxygen atoms in total. The average Bonchev–Trinajstić information content (AvgIpc) is 2.32. The zero-order valence-electron chi connectivity index (χ0n) is 11.4. The van der Waals surface area contributed by atoms with E-state index in [4.69, 9.17) is 11.6 Å². The fourth-order valence-corrected chi connectivity index (χ4v) is 1.72. The van der Waals surface area contributed by atoms with Gasteiger partial charge in [0, 0.05) is 18.9 Å². The van der Waals surface area contributed by atoms with Gasteiger partial charge in [0.1, 0.15) is 0 Å². The maximum Gasteiger partial charge on any atom is 0.226 e. The molecule has 0 bridgehead atoms. The lowest BCUT2D eigenvalue weighted by molar-refractivity contribution is -0.124. The summed E-state index contributed by atoms with van der Waals surface area (Å²) < 4.78 is 0. The number of hydrogen-bond donors (Lipinski definition) is 2. The minimum absolute atomic E-state index is 0.0545. The molecule has 1 rings (SSSR count). The second-order valence-corrected chi connectivity index (χ2v) is 5.13. The predicted octanol–water partition coefficient (Wildman–Crippen LogP) is 2.75. The standard InChI is InChI=1S/C14H19ClN2O2/c1-9(2)14(19)16-7-6-13(18)17-12-5-4-10(3)8-11(12)15/h4-5,8-9H,6-7H2,1-3H3,(H,16,19)(H,17,18). The van der Waals surface area contributed by atoms with Crippen LogP contribution in [0, 0.1) is 12.8 Å². The Morgan fingerprint density at radius 3 is 2.58 bits per heavy atom. The van der Waals surface area contributed by atoms with Crippen molar-refractivity contribution in [3.63, 3.8) is 0 Å². The number of aryl methyl sites for hydroxylation is 1. The number of carbonyl (C=O) groups excluding carboxylic acids is 2. The number of nitrogens with one attached hydrogen (secondary N) is 2. The molecule has 19 heavy (non-hydrogen) atoms. The zero-order valence-corrected chi connectivity index (χ0v) is 12.2. The number of rotatable bonds is 5. The number of amides is 2. The molecule has 2 amide bonds. The SMILES string of the molecule is Cc1ccc(NC(=O)CCNC(=O)C(C)C)c(Cl)c1. The van der Waals surface area contributed by atoms with Gasteiger partial charge in [-0.2, -0.15) is 0 Å². The summed E-state index contributed by atoms with van der Waals surface area (Å²) in [7, 11) is 0. The fraction of sp³-hybridized carbons (Fsp3) is 0.429. The highest BCUT2D eigenvalue weighted by atomic mass is 35.5. The molecule has 0 aliphatic heterocycles. The molecule has 1 aromatic rings. The fourth-order valence-electron chi connectivity index (χ4n) is 1.44. The summed E-state index contributed by atoms with van der Waals surface area (Å²) in [5, 5.41) is 5.92. The Kier molecular flexibility index (Phi) is 5.83. The Morgan fingerprint density at radius 1 is 1.32 bits per heavy atom. The Balaban J connectivity index is 2.41. The van der Waals surface area contributed by atoms with Crippen molar-refractivity contribution >= 4 is 29.1 Å². The molecule has 0 fully saturated rings. The van der Waals surface area contributed by atoms with Gasteiger partial charge in [-0.15, -0.1) is 0 Å². The van der Waals surface area contributed by atoms with E-state index in [0.717, 1.165) is 5.56 Å². The molecule has 1 aromatic carbocycles. The van der Waals surface area contributed by atoms with Gasteiger partial charge < -0.3 is 10.6 Å². The van der Waals surface area contributed by atoms with Crippen LogP contribution < -0.4 is 10.6 Å². The Hall–Kier alpha value is -1.55. The molecule has 0 heterocycles. The summed E-state index contributed by atoms with van der Waals surface area (Å²) in [4.78, 5) is 23.0. The number of carbonyl (C=O) groups is 2. The van der Waals surface area contributed by atoms with Crippen LogP contribution in [0.25, 0.3) is 0 Å². The van der Waals surface area contributed by atoms with Crippen LogP contribution in [0.2, 0.25) is 5.02 Å². The molecule has 0 saturated carbocycles. The second-order valence-electron chi connectivity index (χ2n) is 4.73. The normalized spacial score (nSPS) is 10.4. The molecule has 0 aliphatic rings. The highest BCUT2D eigenvalue weighted by Crippen LogP contribution is 2.22. The quantitative estimate of drug-likeness (QED) is 0.872. The summed E-state index contributed by atoms with van der Waals surface area (Å²) >= 11 is 6.02. The summed E-state index contributed by atoms with van der Waals surface area (Å²) in [6.07, 6.45) is 0.225. The van der Waals surface area contributed by atoms with Gasteiger partial charge in [0.2, 0.25) is 11.8 Å². The molecule has 0 radical (unpaired) electrons. The van der Waals surface area contributed by atoms with Crippen molar-refractivity contribution in [2.24, 2.45) is 5.92 Å². The number of halogens is 1. The van der Waals surface area contributed by atoms with E-state index >= 15 is 0 Å². The minimum Gasteiger partial charge on any atom is -0.355 e. The van der Waals surface area contributed by atoms with Crippen LogP contribution in [-0.2, 0) is 9.59 Å². The molecule has 2 N–H and O–H groups in total. The van der Waals surface area contributed by atoms with E-state index < -0.39 is 0 Å². The highest BCUT2D eigenvalue weighted by Gasteiger charge is 2.08. The number of anilines is 1. The summed E-state index contributed by atoms with van der Waals surface area (Å²) in [5.41, 5.74) is 1.62. The molecule has 0 aromatic heterocycles. The third-order valence-electron chi connectivity index (χ3n) is 2.57. The summed E-state index contributed by atoms with van der Waals surface area (Å²) in [5.74, 6) is -0.300. The lowest BCUT2D eigenvalue weighted by atomic mass is 10.2. The smallest absolute Gasteiger partial charge is 0.226 e. The first kappa shape index (κ1) is 15.5. The monoisotopic (exact) mass is 282 g/mol. The van der Waals surface area contributed by atoms with Gasteiger partial charge >= 0.3 is 0 Å². The van der Waals surface area contributed by atoms with Gasteiger partial charge in [-0.05, 0) is 24.6 Å². The van der Waals surface area contributed by atoms with Gasteiger partial charge in [0.15, 0.2) is 0 Å². The van der Waals surface area contributed by atoms with Crippen molar-refractivity contribution < 1.29 is 9.59 Å². The van der Waals surface area contributed by atoms with Crippen LogP contribution in [0.15, 0.2) is 18.2 Å². The van der Waals surface area contributed by atoms with E-state index in [1.807, 2.05) is 26.8 Å². The third kappa shape index (κ3) is 5.30. The van der Waals surface area contributed by atoms with Gasteiger partial charge in [-0.3, -0.25) is 9.59 Å². The molecule has 0 saturated heterocycles. The molecule has 104 valence electrons. The van der Waals surface area contributed by atoms with Crippen LogP contribution in [0.4, 0.5) is 5.69 Å². The Labute approximate surface area is 118 Å². The minimum atomic E-state index is -0.171. The molecular weight excluding hydrogens is 264 g/mol. The molecule has 0 spiro atoms. The maximum absolute atomic E-state index is 11.7. The average molecular weight is 283 g/mol. The lowest BCUT2D eigenvalue weighted by Crippen LogP contribution is -2.30. The molecule has 0 aliphatic carbocycles. The topological polar surface area (TPSA) is 58.2 Å². The largest absolute Gasteiger partial charge is 0.355 e. The predicted molar refractivity (Wildman–Crippen MR) is 77.3 cm³/mol. The van der Waals surface area contributed by atoms with E-state index in [9.17, 15) is 9.59 Å². The first-order valence-corrected chi connectivity index (χ1v) is 6.61. The first-order chi connectivity index (χ1) is 8.90. The van der Waals surface area contributed by atoms with Crippen LogP contribution in [-0.4, -0.2) is 18.4 Å². The van der Waals surface area contributed by atoms with Gasteiger partial charge in [0.05, 0.1) is 10.7 Å². The van der Waals surface area contributed by atoms with Crippen molar-refractivity contribution in [1.82, 2.24) is 5.32 Å². The van der Waals surface area contributed by atoms with E-state index in [1.165, 1.54) is 0 Å². The Morgan fingerprint density at radius 2 is 2.00 bits per heavy atom. The van der Waals surface area contributed by atoms with E-state index in [-0.39, 0.29) is 24.2 Å². The molecular formula is C14H19ClN2O2. The van der Waals surface area contributed by atoms with Crippen molar-refractivity contribution in [2.75, 3.05) is 11.9 Å².